The molecule has 1 amide bonds. The van der Waals surface area contributed by atoms with Gasteiger partial charge in [-0.05, 0) is 36.2 Å². The predicted octanol–water partition coefficient (Wildman–Crippen LogP) is 1.80. The van der Waals surface area contributed by atoms with Crippen LogP contribution >= 0.6 is 11.6 Å². The number of halogens is 1. The Morgan fingerprint density at radius 2 is 2.25 bits per heavy atom. The summed E-state index contributed by atoms with van der Waals surface area (Å²) in [4.78, 5) is 22.3. The van der Waals surface area contributed by atoms with Crippen LogP contribution in [0.25, 0.3) is 0 Å². The SMILES string of the molecule is O=C(Cl)CCCNC(=O)c1ccc(Cn2cccn2)o1. The van der Waals surface area contributed by atoms with E-state index in [4.69, 9.17) is 16.0 Å². The second-order valence-electron chi connectivity index (χ2n) is 4.18. The van der Waals surface area contributed by atoms with Gasteiger partial charge in [-0.2, -0.15) is 5.10 Å². The highest BCUT2D eigenvalue weighted by Gasteiger charge is 2.11. The number of carbonyl (C=O) groups is 2. The van der Waals surface area contributed by atoms with Gasteiger partial charge in [0.25, 0.3) is 5.91 Å². The molecule has 0 saturated carbocycles. The highest BCUT2D eigenvalue weighted by atomic mass is 35.5. The number of nitrogens with one attached hydrogen (secondary N) is 1. The molecule has 0 unspecified atom stereocenters. The third kappa shape index (κ3) is 4.24. The van der Waals surface area contributed by atoms with Crippen LogP contribution in [0.2, 0.25) is 0 Å². The zero-order valence-electron chi connectivity index (χ0n) is 10.7. The van der Waals surface area contributed by atoms with Gasteiger partial charge in [0.05, 0.1) is 6.54 Å². The summed E-state index contributed by atoms with van der Waals surface area (Å²) in [5.74, 6) is 0.581. The fourth-order valence-corrected chi connectivity index (χ4v) is 1.79. The summed E-state index contributed by atoms with van der Waals surface area (Å²) in [7, 11) is 0. The third-order valence-corrected chi connectivity index (χ3v) is 2.79. The van der Waals surface area contributed by atoms with Gasteiger partial charge >= 0.3 is 0 Å². The Labute approximate surface area is 120 Å². The number of carbonyl (C=O) groups excluding carboxylic acids is 2. The fraction of sp³-hybridized carbons (Fsp3) is 0.308. The quantitative estimate of drug-likeness (QED) is 0.624. The van der Waals surface area contributed by atoms with Gasteiger partial charge < -0.3 is 9.73 Å². The van der Waals surface area contributed by atoms with E-state index in [0.717, 1.165) is 0 Å². The summed E-state index contributed by atoms with van der Waals surface area (Å²) in [6.07, 6.45) is 4.24. The number of amides is 1. The van der Waals surface area contributed by atoms with Crippen LogP contribution in [0.5, 0.6) is 0 Å². The second-order valence-corrected chi connectivity index (χ2v) is 4.61. The van der Waals surface area contributed by atoms with E-state index < -0.39 is 5.24 Å². The van der Waals surface area contributed by atoms with Crippen LogP contribution in [0.4, 0.5) is 0 Å². The Morgan fingerprint density at radius 1 is 1.40 bits per heavy atom. The lowest BCUT2D eigenvalue weighted by molar-refractivity contribution is -0.111. The molecule has 0 aliphatic rings. The first-order chi connectivity index (χ1) is 9.65. The molecule has 2 aromatic heterocycles. The van der Waals surface area contributed by atoms with Crippen molar-refractivity contribution in [1.29, 1.82) is 0 Å². The Balaban J connectivity index is 1.82. The average Bonchev–Trinajstić information content (AvgIpc) is 3.06. The Morgan fingerprint density at radius 3 is 2.95 bits per heavy atom. The average molecular weight is 296 g/mol. The zero-order chi connectivity index (χ0) is 14.4. The maximum absolute atomic E-state index is 11.8. The lowest BCUT2D eigenvalue weighted by Gasteiger charge is -2.01. The zero-order valence-corrected chi connectivity index (χ0v) is 11.5. The number of aromatic nitrogens is 2. The molecular weight excluding hydrogens is 282 g/mol. The second kappa shape index (κ2) is 6.91. The molecule has 2 heterocycles. The minimum Gasteiger partial charge on any atom is -0.454 e. The van der Waals surface area contributed by atoms with Gasteiger partial charge in [-0.3, -0.25) is 14.3 Å². The molecule has 106 valence electrons. The fourth-order valence-electron chi connectivity index (χ4n) is 1.65. The van der Waals surface area contributed by atoms with Crippen LogP contribution in [0.3, 0.4) is 0 Å². The molecule has 7 heteroatoms. The van der Waals surface area contributed by atoms with Crippen LogP contribution in [-0.4, -0.2) is 27.5 Å². The molecule has 0 aliphatic heterocycles. The highest BCUT2D eigenvalue weighted by molar-refractivity contribution is 6.63. The van der Waals surface area contributed by atoms with Crippen molar-refractivity contribution in [2.75, 3.05) is 6.54 Å². The van der Waals surface area contributed by atoms with Gasteiger partial charge in [0.2, 0.25) is 5.24 Å². The summed E-state index contributed by atoms with van der Waals surface area (Å²) in [5.41, 5.74) is 0. The van der Waals surface area contributed by atoms with E-state index in [2.05, 4.69) is 10.4 Å². The van der Waals surface area contributed by atoms with Crippen molar-refractivity contribution < 1.29 is 14.0 Å². The summed E-state index contributed by atoms with van der Waals surface area (Å²) in [6.45, 7) is 0.855. The first-order valence-corrected chi connectivity index (χ1v) is 6.55. The standard InChI is InChI=1S/C13H14ClN3O3/c14-12(18)3-1-6-15-13(19)11-5-4-10(20-11)9-17-8-2-7-16-17/h2,4-5,7-8H,1,3,6,9H2,(H,15,19). The number of rotatable bonds is 7. The summed E-state index contributed by atoms with van der Waals surface area (Å²) in [6, 6.07) is 5.16. The van der Waals surface area contributed by atoms with Gasteiger partial charge in [-0.1, -0.05) is 0 Å². The first-order valence-electron chi connectivity index (χ1n) is 6.18. The van der Waals surface area contributed by atoms with E-state index in [0.29, 0.717) is 25.3 Å². The van der Waals surface area contributed by atoms with E-state index in [1.54, 1.807) is 23.0 Å². The molecule has 2 rings (SSSR count). The van der Waals surface area contributed by atoms with Crippen LogP contribution in [-0.2, 0) is 11.3 Å². The van der Waals surface area contributed by atoms with Gasteiger partial charge in [0, 0.05) is 25.4 Å². The van der Waals surface area contributed by atoms with Crippen molar-refractivity contribution in [3.8, 4) is 0 Å². The van der Waals surface area contributed by atoms with Crippen molar-refractivity contribution in [2.45, 2.75) is 19.4 Å². The topological polar surface area (TPSA) is 77.1 Å². The number of nitrogens with zero attached hydrogens (tertiary/aromatic N) is 2. The maximum atomic E-state index is 11.8. The largest absolute Gasteiger partial charge is 0.454 e. The number of hydrogen-bond donors (Lipinski definition) is 1. The summed E-state index contributed by atoms with van der Waals surface area (Å²) >= 11 is 5.20. The monoisotopic (exact) mass is 295 g/mol. The van der Waals surface area contributed by atoms with Crippen molar-refractivity contribution in [3.63, 3.8) is 0 Å². The van der Waals surface area contributed by atoms with Crippen LogP contribution in [0, 0.1) is 0 Å². The molecule has 0 aliphatic carbocycles. The first kappa shape index (κ1) is 14.3. The van der Waals surface area contributed by atoms with Crippen molar-refractivity contribution in [3.05, 3.63) is 42.1 Å². The molecule has 0 fully saturated rings. The van der Waals surface area contributed by atoms with Gasteiger partial charge in [-0.25, -0.2) is 0 Å². The van der Waals surface area contributed by atoms with E-state index in [1.807, 2.05) is 12.3 Å². The molecule has 2 aromatic rings. The van der Waals surface area contributed by atoms with E-state index in [9.17, 15) is 9.59 Å². The van der Waals surface area contributed by atoms with Crippen LogP contribution in [0.15, 0.2) is 35.0 Å². The van der Waals surface area contributed by atoms with Crippen molar-refractivity contribution in [1.82, 2.24) is 15.1 Å². The predicted molar refractivity (Wildman–Crippen MR) is 72.5 cm³/mol. The molecule has 0 atom stereocenters. The molecule has 20 heavy (non-hydrogen) atoms. The van der Waals surface area contributed by atoms with Crippen molar-refractivity contribution >= 4 is 22.8 Å². The number of hydrogen-bond acceptors (Lipinski definition) is 4. The maximum Gasteiger partial charge on any atom is 0.286 e. The summed E-state index contributed by atoms with van der Waals surface area (Å²) < 4.78 is 7.13. The van der Waals surface area contributed by atoms with Crippen LogP contribution in [0.1, 0.15) is 29.2 Å². The molecule has 0 spiro atoms. The van der Waals surface area contributed by atoms with E-state index in [1.165, 1.54) is 0 Å². The van der Waals surface area contributed by atoms with E-state index in [-0.39, 0.29) is 18.1 Å². The van der Waals surface area contributed by atoms with Crippen LogP contribution < -0.4 is 5.32 Å². The minimum atomic E-state index is -0.404. The molecule has 0 aromatic carbocycles. The lowest BCUT2D eigenvalue weighted by atomic mass is 10.3. The Hall–Kier alpha value is -2.08. The van der Waals surface area contributed by atoms with Gasteiger partial charge in [-0.15, -0.1) is 0 Å². The molecule has 0 saturated heterocycles. The smallest absolute Gasteiger partial charge is 0.286 e. The Bertz CT molecular complexity index is 577. The van der Waals surface area contributed by atoms with E-state index >= 15 is 0 Å². The molecular formula is C13H14ClN3O3. The molecule has 0 radical (unpaired) electrons. The normalized spacial score (nSPS) is 10.4. The van der Waals surface area contributed by atoms with Gasteiger partial charge in [0.1, 0.15) is 5.76 Å². The highest BCUT2D eigenvalue weighted by Crippen LogP contribution is 2.09. The minimum absolute atomic E-state index is 0.240. The third-order valence-electron chi connectivity index (χ3n) is 2.60. The molecule has 0 bridgehead atoms. The number of furan rings is 1. The lowest BCUT2D eigenvalue weighted by Crippen LogP contribution is -2.24. The van der Waals surface area contributed by atoms with Crippen molar-refractivity contribution in [2.24, 2.45) is 0 Å². The Kier molecular flexibility index (Phi) is 4.95. The van der Waals surface area contributed by atoms with Gasteiger partial charge in [0.15, 0.2) is 5.76 Å². The molecule has 6 nitrogen and oxygen atoms in total. The summed E-state index contributed by atoms with van der Waals surface area (Å²) in [5, 5.41) is 6.31. The molecule has 1 N–H and O–H groups in total.